The number of amides is 1. The molecule has 1 amide bonds. The summed E-state index contributed by atoms with van der Waals surface area (Å²) in [5.74, 6) is -0.303. The molecular weight excluding hydrogens is 322 g/mol. The van der Waals surface area contributed by atoms with Crippen molar-refractivity contribution in [2.24, 2.45) is 0 Å². The van der Waals surface area contributed by atoms with Gasteiger partial charge in [-0.05, 0) is 11.4 Å². The SMILES string of the molecule is O=C(O)[C@H]1CN(C(=O)CCc2nc(-c3ccsc3)no2)CCO1. The maximum Gasteiger partial charge on any atom is 0.334 e. The molecule has 1 saturated heterocycles. The molecule has 1 fully saturated rings. The normalized spacial score (nSPS) is 18.1. The number of hydrogen-bond acceptors (Lipinski definition) is 7. The summed E-state index contributed by atoms with van der Waals surface area (Å²) in [6.45, 7) is 0.691. The highest BCUT2D eigenvalue weighted by Gasteiger charge is 2.28. The highest BCUT2D eigenvalue weighted by atomic mass is 32.1. The molecule has 3 heterocycles. The van der Waals surface area contributed by atoms with E-state index in [0.29, 0.717) is 24.7 Å². The number of carboxylic acid groups (broad SMARTS) is 1. The Labute approximate surface area is 135 Å². The Morgan fingerprint density at radius 3 is 3.09 bits per heavy atom. The maximum atomic E-state index is 12.2. The molecule has 3 rings (SSSR count). The second-order valence-electron chi connectivity index (χ2n) is 5.06. The molecule has 2 aromatic rings. The van der Waals surface area contributed by atoms with Crippen LogP contribution in [0.5, 0.6) is 0 Å². The average molecular weight is 337 g/mol. The van der Waals surface area contributed by atoms with E-state index in [9.17, 15) is 9.59 Å². The van der Waals surface area contributed by atoms with Crippen molar-refractivity contribution in [1.82, 2.24) is 15.0 Å². The van der Waals surface area contributed by atoms with Crippen molar-refractivity contribution in [1.29, 1.82) is 0 Å². The first-order chi connectivity index (χ1) is 11.1. The van der Waals surface area contributed by atoms with Crippen LogP contribution in [0.15, 0.2) is 21.3 Å². The Morgan fingerprint density at radius 1 is 1.48 bits per heavy atom. The first-order valence-corrected chi connectivity index (χ1v) is 8.05. The molecule has 1 aliphatic heterocycles. The molecule has 1 aliphatic rings. The first-order valence-electron chi connectivity index (χ1n) is 7.11. The highest BCUT2D eigenvalue weighted by Crippen LogP contribution is 2.19. The Kier molecular flexibility index (Phi) is 4.68. The van der Waals surface area contributed by atoms with Gasteiger partial charge in [0.15, 0.2) is 6.10 Å². The Balaban J connectivity index is 1.54. The molecule has 0 radical (unpaired) electrons. The van der Waals surface area contributed by atoms with E-state index in [0.717, 1.165) is 5.56 Å². The predicted octanol–water partition coefficient (Wildman–Crippen LogP) is 1.04. The number of carbonyl (C=O) groups excluding carboxylic acids is 1. The molecule has 8 nitrogen and oxygen atoms in total. The minimum absolute atomic E-state index is 0.0676. The van der Waals surface area contributed by atoms with E-state index in [2.05, 4.69) is 10.1 Å². The van der Waals surface area contributed by atoms with Gasteiger partial charge in [-0.1, -0.05) is 5.16 Å². The summed E-state index contributed by atoms with van der Waals surface area (Å²) in [5.41, 5.74) is 0.883. The van der Waals surface area contributed by atoms with Crippen LogP contribution in [0, 0.1) is 0 Å². The summed E-state index contributed by atoms with van der Waals surface area (Å²) in [5, 5.41) is 16.7. The number of aromatic nitrogens is 2. The Morgan fingerprint density at radius 2 is 2.35 bits per heavy atom. The molecule has 0 bridgehead atoms. The topological polar surface area (TPSA) is 106 Å². The lowest BCUT2D eigenvalue weighted by Gasteiger charge is -2.30. The van der Waals surface area contributed by atoms with Crippen LogP contribution in [-0.4, -0.2) is 57.8 Å². The van der Waals surface area contributed by atoms with E-state index >= 15 is 0 Å². The van der Waals surface area contributed by atoms with Gasteiger partial charge in [-0.3, -0.25) is 4.79 Å². The van der Waals surface area contributed by atoms with E-state index in [-0.39, 0.29) is 25.5 Å². The van der Waals surface area contributed by atoms with Crippen LogP contribution in [0.4, 0.5) is 0 Å². The molecule has 0 aliphatic carbocycles. The minimum Gasteiger partial charge on any atom is -0.479 e. The molecule has 23 heavy (non-hydrogen) atoms. The summed E-state index contributed by atoms with van der Waals surface area (Å²) < 4.78 is 10.2. The number of hydrogen-bond donors (Lipinski definition) is 1. The molecule has 2 aromatic heterocycles. The van der Waals surface area contributed by atoms with Gasteiger partial charge in [0, 0.05) is 30.3 Å². The molecule has 1 atom stereocenters. The molecule has 0 spiro atoms. The predicted molar refractivity (Wildman–Crippen MR) is 79.9 cm³/mol. The van der Waals surface area contributed by atoms with Crippen LogP contribution in [-0.2, 0) is 20.7 Å². The van der Waals surface area contributed by atoms with Gasteiger partial charge in [0.2, 0.25) is 17.6 Å². The van der Waals surface area contributed by atoms with Gasteiger partial charge in [-0.15, -0.1) is 0 Å². The zero-order chi connectivity index (χ0) is 16.2. The summed E-state index contributed by atoms with van der Waals surface area (Å²) in [6.07, 6.45) is -0.441. The third kappa shape index (κ3) is 3.74. The Hall–Kier alpha value is -2.26. The van der Waals surface area contributed by atoms with Crippen molar-refractivity contribution in [2.45, 2.75) is 18.9 Å². The second kappa shape index (κ2) is 6.88. The number of aliphatic carboxylic acids is 1. The van der Waals surface area contributed by atoms with Crippen molar-refractivity contribution in [2.75, 3.05) is 19.7 Å². The van der Waals surface area contributed by atoms with Crippen LogP contribution in [0.1, 0.15) is 12.3 Å². The van der Waals surface area contributed by atoms with Gasteiger partial charge in [-0.25, -0.2) is 4.79 Å². The fourth-order valence-corrected chi connectivity index (χ4v) is 2.90. The number of thiophene rings is 1. The zero-order valence-electron chi connectivity index (χ0n) is 12.2. The van der Waals surface area contributed by atoms with Crippen LogP contribution in [0.25, 0.3) is 11.4 Å². The largest absolute Gasteiger partial charge is 0.479 e. The van der Waals surface area contributed by atoms with E-state index in [1.807, 2.05) is 16.8 Å². The van der Waals surface area contributed by atoms with Gasteiger partial charge < -0.3 is 19.3 Å². The number of carboxylic acids is 1. The third-order valence-electron chi connectivity index (χ3n) is 3.49. The molecule has 0 aromatic carbocycles. The van der Waals surface area contributed by atoms with Crippen molar-refractivity contribution in [3.05, 3.63) is 22.7 Å². The lowest BCUT2D eigenvalue weighted by molar-refractivity contribution is -0.159. The van der Waals surface area contributed by atoms with E-state index in [4.69, 9.17) is 14.4 Å². The van der Waals surface area contributed by atoms with Crippen molar-refractivity contribution >= 4 is 23.2 Å². The fourth-order valence-electron chi connectivity index (χ4n) is 2.26. The molecule has 9 heteroatoms. The first kappa shape index (κ1) is 15.6. The summed E-state index contributed by atoms with van der Waals surface area (Å²) in [7, 11) is 0. The lowest BCUT2D eigenvalue weighted by atomic mass is 10.2. The van der Waals surface area contributed by atoms with Crippen molar-refractivity contribution in [3.63, 3.8) is 0 Å². The van der Waals surface area contributed by atoms with Gasteiger partial charge >= 0.3 is 5.97 Å². The van der Waals surface area contributed by atoms with Gasteiger partial charge in [0.1, 0.15) is 0 Å². The van der Waals surface area contributed by atoms with E-state index in [1.54, 1.807) is 11.3 Å². The van der Waals surface area contributed by atoms with Gasteiger partial charge in [-0.2, -0.15) is 16.3 Å². The summed E-state index contributed by atoms with van der Waals surface area (Å²) >= 11 is 1.54. The molecular formula is C14H15N3O5S. The lowest BCUT2D eigenvalue weighted by Crippen LogP contribution is -2.48. The number of rotatable bonds is 5. The third-order valence-corrected chi connectivity index (χ3v) is 4.18. The number of nitrogens with zero attached hydrogens (tertiary/aromatic N) is 3. The summed E-state index contributed by atoms with van der Waals surface area (Å²) in [4.78, 5) is 28.8. The monoisotopic (exact) mass is 337 g/mol. The van der Waals surface area contributed by atoms with Crippen molar-refractivity contribution in [3.8, 4) is 11.4 Å². The van der Waals surface area contributed by atoms with Crippen LogP contribution in [0.3, 0.4) is 0 Å². The Bertz CT molecular complexity index is 684. The summed E-state index contributed by atoms with van der Waals surface area (Å²) in [6, 6.07) is 1.89. The average Bonchev–Trinajstić information content (AvgIpc) is 3.23. The molecule has 0 unspecified atom stereocenters. The van der Waals surface area contributed by atoms with Crippen LogP contribution >= 0.6 is 11.3 Å². The molecule has 0 saturated carbocycles. The van der Waals surface area contributed by atoms with E-state index in [1.165, 1.54) is 4.90 Å². The van der Waals surface area contributed by atoms with Crippen molar-refractivity contribution < 1.29 is 24.0 Å². The van der Waals surface area contributed by atoms with Crippen LogP contribution in [0.2, 0.25) is 0 Å². The van der Waals surface area contributed by atoms with Gasteiger partial charge in [0.05, 0.1) is 13.2 Å². The molecule has 122 valence electrons. The molecule has 1 N–H and O–H groups in total. The van der Waals surface area contributed by atoms with E-state index < -0.39 is 12.1 Å². The standard InChI is InChI=1S/C14H15N3O5S/c18-12(17-4-5-21-10(7-17)14(19)20)2-1-11-15-13(16-22-11)9-3-6-23-8-9/h3,6,8,10H,1-2,4-5,7H2,(H,19,20)/t10-/m1/s1. The van der Waals surface area contributed by atoms with Crippen LogP contribution < -0.4 is 0 Å². The number of morpholine rings is 1. The quantitative estimate of drug-likeness (QED) is 0.869. The highest BCUT2D eigenvalue weighted by molar-refractivity contribution is 7.08. The fraction of sp³-hybridized carbons (Fsp3) is 0.429. The number of aryl methyl sites for hydroxylation is 1. The smallest absolute Gasteiger partial charge is 0.334 e. The zero-order valence-corrected chi connectivity index (χ0v) is 13.0. The second-order valence-corrected chi connectivity index (χ2v) is 5.84. The maximum absolute atomic E-state index is 12.2. The number of ether oxygens (including phenoxy) is 1. The minimum atomic E-state index is -1.06. The number of carbonyl (C=O) groups is 2. The van der Waals surface area contributed by atoms with Gasteiger partial charge in [0.25, 0.3) is 0 Å².